The fraction of sp³-hybridized carbons (Fsp3) is 0.111. The van der Waals surface area contributed by atoms with Crippen molar-refractivity contribution in [3.05, 3.63) is 28.4 Å². The SMILES string of the molecule is Cn1c(=O)cc(O)c2nc(C#N)ncc21. The van der Waals surface area contributed by atoms with Gasteiger partial charge in [-0.1, -0.05) is 0 Å². The molecule has 0 aromatic carbocycles. The highest BCUT2D eigenvalue weighted by Gasteiger charge is 2.08. The smallest absolute Gasteiger partial charge is 0.254 e. The number of aromatic nitrogens is 3. The van der Waals surface area contributed by atoms with E-state index in [1.165, 1.54) is 10.8 Å². The molecule has 2 aromatic rings. The molecule has 15 heavy (non-hydrogen) atoms. The average Bonchev–Trinajstić information content (AvgIpc) is 2.25. The average molecular weight is 202 g/mol. The molecule has 2 aromatic heterocycles. The van der Waals surface area contributed by atoms with Crippen LogP contribution in [0.15, 0.2) is 17.1 Å². The maximum atomic E-state index is 11.3. The van der Waals surface area contributed by atoms with E-state index in [1.807, 2.05) is 0 Å². The summed E-state index contributed by atoms with van der Waals surface area (Å²) < 4.78 is 1.30. The summed E-state index contributed by atoms with van der Waals surface area (Å²) in [7, 11) is 1.54. The van der Waals surface area contributed by atoms with E-state index in [9.17, 15) is 9.90 Å². The lowest BCUT2D eigenvalue weighted by molar-refractivity contribution is 0.478. The molecule has 0 aliphatic carbocycles. The van der Waals surface area contributed by atoms with E-state index in [0.717, 1.165) is 6.07 Å². The van der Waals surface area contributed by atoms with Crippen LogP contribution in [-0.2, 0) is 7.05 Å². The molecule has 2 rings (SSSR count). The van der Waals surface area contributed by atoms with Gasteiger partial charge in [-0.2, -0.15) is 5.26 Å². The van der Waals surface area contributed by atoms with E-state index in [-0.39, 0.29) is 22.6 Å². The first kappa shape index (κ1) is 9.15. The van der Waals surface area contributed by atoms with Crippen LogP contribution in [0.4, 0.5) is 0 Å². The Morgan fingerprint density at radius 2 is 2.33 bits per heavy atom. The van der Waals surface area contributed by atoms with Crippen LogP contribution < -0.4 is 5.56 Å². The van der Waals surface area contributed by atoms with E-state index >= 15 is 0 Å². The summed E-state index contributed by atoms with van der Waals surface area (Å²) in [4.78, 5) is 18.8. The lowest BCUT2D eigenvalue weighted by atomic mass is 10.3. The third-order valence-corrected chi connectivity index (χ3v) is 2.06. The fourth-order valence-electron chi connectivity index (χ4n) is 1.26. The number of fused-ring (bicyclic) bond motifs is 1. The van der Waals surface area contributed by atoms with Gasteiger partial charge in [-0.3, -0.25) is 4.79 Å². The first-order valence-corrected chi connectivity index (χ1v) is 4.09. The number of rotatable bonds is 0. The molecule has 2 heterocycles. The number of pyridine rings is 1. The van der Waals surface area contributed by atoms with Crippen molar-refractivity contribution in [2.24, 2.45) is 7.05 Å². The highest BCUT2D eigenvalue weighted by Crippen LogP contribution is 2.18. The monoisotopic (exact) mass is 202 g/mol. The summed E-state index contributed by atoms with van der Waals surface area (Å²) in [6.07, 6.45) is 1.34. The van der Waals surface area contributed by atoms with Crippen molar-refractivity contribution in [1.29, 1.82) is 5.26 Å². The molecule has 0 spiro atoms. The molecule has 6 heteroatoms. The lowest BCUT2D eigenvalue weighted by Crippen LogP contribution is -2.16. The van der Waals surface area contributed by atoms with Crippen molar-refractivity contribution < 1.29 is 5.11 Å². The fourth-order valence-corrected chi connectivity index (χ4v) is 1.26. The third kappa shape index (κ3) is 1.30. The number of aromatic hydroxyl groups is 1. The van der Waals surface area contributed by atoms with Gasteiger partial charge in [0.05, 0.1) is 11.7 Å². The van der Waals surface area contributed by atoms with Gasteiger partial charge in [0.1, 0.15) is 17.3 Å². The second kappa shape index (κ2) is 3.06. The number of nitriles is 1. The zero-order valence-electron chi connectivity index (χ0n) is 7.80. The Morgan fingerprint density at radius 1 is 1.60 bits per heavy atom. The molecule has 0 unspecified atom stereocenters. The van der Waals surface area contributed by atoms with Gasteiger partial charge < -0.3 is 9.67 Å². The summed E-state index contributed by atoms with van der Waals surface area (Å²) in [5.41, 5.74) is 0.232. The Kier molecular flexibility index (Phi) is 1.87. The van der Waals surface area contributed by atoms with Crippen molar-refractivity contribution in [2.45, 2.75) is 0 Å². The minimum atomic E-state index is -0.353. The third-order valence-electron chi connectivity index (χ3n) is 2.06. The van der Waals surface area contributed by atoms with E-state index in [2.05, 4.69) is 9.97 Å². The van der Waals surface area contributed by atoms with Crippen molar-refractivity contribution in [1.82, 2.24) is 14.5 Å². The first-order chi connectivity index (χ1) is 7.13. The molecular formula is C9H6N4O2. The van der Waals surface area contributed by atoms with Gasteiger partial charge in [0.2, 0.25) is 5.82 Å². The minimum absolute atomic E-state index is 0.0450. The number of hydrogen-bond donors (Lipinski definition) is 1. The molecule has 0 atom stereocenters. The normalized spacial score (nSPS) is 10.1. The lowest BCUT2D eigenvalue weighted by Gasteiger charge is -2.04. The molecule has 6 nitrogen and oxygen atoms in total. The number of nitrogens with zero attached hydrogens (tertiary/aromatic N) is 4. The van der Waals surface area contributed by atoms with Crippen LogP contribution in [0.3, 0.4) is 0 Å². The van der Waals surface area contributed by atoms with Gasteiger partial charge in [-0.05, 0) is 0 Å². The molecular weight excluding hydrogens is 196 g/mol. The Morgan fingerprint density at radius 3 is 3.00 bits per heavy atom. The maximum Gasteiger partial charge on any atom is 0.254 e. The summed E-state index contributed by atoms with van der Waals surface area (Å²) >= 11 is 0. The first-order valence-electron chi connectivity index (χ1n) is 4.09. The van der Waals surface area contributed by atoms with Crippen LogP contribution in [0.2, 0.25) is 0 Å². The van der Waals surface area contributed by atoms with Crippen LogP contribution in [0.25, 0.3) is 11.0 Å². The van der Waals surface area contributed by atoms with Crippen molar-refractivity contribution in [3.8, 4) is 11.8 Å². The van der Waals surface area contributed by atoms with Gasteiger partial charge in [0.25, 0.3) is 5.56 Å². The molecule has 1 N–H and O–H groups in total. The van der Waals surface area contributed by atoms with E-state index < -0.39 is 0 Å². The predicted molar refractivity (Wildman–Crippen MR) is 51.2 cm³/mol. The Hall–Kier alpha value is -2.42. The molecule has 74 valence electrons. The van der Waals surface area contributed by atoms with Gasteiger partial charge in [-0.15, -0.1) is 0 Å². The number of hydrogen-bond acceptors (Lipinski definition) is 5. The van der Waals surface area contributed by atoms with E-state index in [0.29, 0.717) is 5.52 Å². The van der Waals surface area contributed by atoms with Crippen LogP contribution in [0.1, 0.15) is 5.82 Å². The van der Waals surface area contributed by atoms with Crippen LogP contribution in [0, 0.1) is 11.3 Å². The minimum Gasteiger partial charge on any atom is -0.505 e. The Labute approximate surface area is 84.1 Å². The highest BCUT2D eigenvalue weighted by molar-refractivity contribution is 5.80. The molecule has 0 aliphatic heterocycles. The molecule has 0 saturated heterocycles. The summed E-state index contributed by atoms with van der Waals surface area (Å²) in [5, 5.41) is 18.1. The largest absolute Gasteiger partial charge is 0.505 e. The Bertz CT molecular complexity index is 639. The van der Waals surface area contributed by atoms with Gasteiger partial charge in [0.15, 0.2) is 0 Å². The van der Waals surface area contributed by atoms with Crippen molar-refractivity contribution in [3.63, 3.8) is 0 Å². The van der Waals surface area contributed by atoms with E-state index in [1.54, 1.807) is 13.1 Å². The zero-order valence-corrected chi connectivity index (χ0v) is 7.80. The second-order valence-electron chi connectivity index (χ2n) is 2.97. The van der Waals surface area contributed by atoms with Crippen molar-refractivity contribution in [2.75, 3.05) is 0 Å². The second-order valence-corrected chi connectivity index (χ2v) is 2.97. The summed E-state index contributed by atoms with van der Waals surface area (Å²) in [6.45, 7) is 0. The topological polar surface area (TPSA) is 91.8 Å². The molecule has 0 fully saturated rings. The van der Waals surface area contributed by atoms with Crippen LogP contribution in [0.5, 0.6) is 5.75 Å². The summed E-state index contributed by atoms with van der Waals surface area (Å²) in [5.74, 6) is -0.288. The van der Waals surface area contributed by atoms with Crippen LogP contribution >= 0.6 is 0 Å². The van der Waals surface area contributed by atoms with Gasteiger partial charge in [0, 0.05) is 13.1 Å². The highest BCUT2D eigenvalue weighted by atomic mass is 16.3. The molecule has 0 saturated carbocycles. The predicted octanol–water partition coefficient (Wildman–Crippen LogP) is -0.0942. The Balaban J connectivity index is 2.98. The van der Waals surface area contributed by atoms with Gasteiger partial charge in [-0.25, -0.2) is 9.97 Å². The number of aryl methyl sites for hydroxylation is 1. The standard InChI is InChI=1S/C9H6N4O2/c1-13-5-4-11-7(3-10)12-9(5)6(14)2-8(13)15/h2,4,14H,1H3. The quantitative estimate of drug-likeness (QED) is 0.644. The summed E-state index contributed by atoms with van der Waals surface area (Å²) in [6, 6.07) is 2.81. The van der Waals surface area contributed by atoms with Gasteiger partial charge >= 0.3 is 0 Å². The maximum absolute atomic E-state index is 11.3. The van der Waals surface area contributed by atoms with E-state index in [4.69, 9.17) is 5.26 Å². The zero-order chi connectivity index (χ0) is 11.0. The van der Waals surface area contributed by atoms with Crippen molar-refractivity contribution >= 4 is 11.0 Å². The van der Waals surface area contributed by atoms with Crippen LogP contribution in [-0.4, -0.2) is 19.6 Å². The molecule has 0 amide bonds. The molecule has 0 bridgehead atoms. The molecule has 0 radical (unpaired) electrons. The molecule has 0 aliphatic rings.